The summed E-state index contributed by atoms with van der Waals surface area (Å²) in [5, 5.41) is 12.1. The van der Waals surface area contributed by atoms with Crippen LogP contribution in [0.25, 0.3) is 16.6 Å². The number of primary amides is 1. The number of nitrogens with zero attached hydrogens (tertiary/aromatic N) is 4. The monoisotopic (exact) mass is 524 g/mol. The average Bonchev–Trinajstić information content (AvgIpc) is 3.55. The second kappa shape index (κ2) is 9.15. The Kier molecular flexibility index (Phi) is 5.76. The molecule has 3 heterocycles. The number of fused-ring (bicyclic) bond motifs is 3. The fourth-order valence-corrected chi connectivity index (χ4v) is 5.81. The van der Waals surface area contributed by atoms with Crippen LogP contribution in [0.2, 0.25) is 5.02 Å². The number of amides is 2. The van der Waals surface area contributed by atoms with Gasteiger partial charge in [0.2, 0.25) is 0 Å². The van der Waals surface area contributed by atoms with Crippen molar-refractivity contribution in [2.45, 2.75) is 31.8 Å². The highest BCUT2D eigenvalue weighted by Gasteiger charge is 2.40. The lowest BCUT2D eigenvalue weighted by Gasteiger charge is -2.40. The van der Waals surface area contributed by atoms with Gasteiger partial charge in [-0.3, -0.25) is 14.2 Å². The van der Waals surface area contributed by atoms with Gasteiger partial charge in [0.05, 0.1) is 28.2 Å². The number of nitrogens with two attached hydrogens (primary N) is 1. The maximum Gasteiger partial charge on any atom is 0.253 e. The Labute approximate surface area is 224 Å². The summed E-state index contributed by atoms with van der Waals surface area (Å²) < 4.78 is 3.85. The van der Waals surface area contributed by atoms with E-state index in [1.165, 1.54) is 0 Å². The molecule has 0 saturated carbocycles. The lowest BCUT2D eigenvalue weighted by Crippen LogP contribution is -2.51. The highest BCUT2D eigenvalue weighted by atomic mass is 35.5. The Morgan fingerprint density at radius 2 is 1.79 bits per heavy atom. The number of hydrogen-bond acceptors (Lipinski definition) is 4. The maximum atomic E-state index is 13.7. The first kappa shape index (κ1) is 23.9. The third kappa shape index (κ3) is 3.94. The highest BCUT2D eigenvalue weighted by Crippen LogP contribution is 2.39. The van der Waals surface area contributed by atoms with E-state index in [9.17, 15) is 9.59 Å². The SMILES string of the molecule is Cc1ccc2c(c1)c(C(N)=O)c1n2CC(NC(=O)c2ccc(-n3cnnc3)cc2Cl)(c2ccccc2)CC1. The number of carbonyl (C=O) groups excluding carboxylic acids is 2. The van der Waals surface area contributed by atoms with E-state index < -0.39 is 11.4 Å². The average molecular weight is 525 g/mol. The second-order valence-electron chi connectivity index (χ2n) is 9.73. The number of benzene rings is 3. The molecule has 0 radical (unpaired) electrons. The standard InChI is InChI=1S/C29H25ClN6O2/c1-18-7-10-24-22(13-18)26(27(31)37)25-11-12-29(15-36(24)25,19-5-3-2-4-6-19)34-28(38)21-9-8-20(14-23(21)30)35-16-32-33-17-35/h2-10,13-14,16-17H,11-12,15H2,1H3,(H2,31,37)(H,34,38). The molecule has 5 aromatic rings. The number of halogens is 1. The van der Waals surface area contributed by atoms with Crippen molar-refractivity contribution in [3.8, 4) is 5.69 Å². The van der Waals surface area contributed by atoms with Gasteiger partial charge in [-0.2, -0.15) is 0 Å². The van der Waals surface area contributed by atoms with Crippen LogP contribution < -0.4 is 11.1 Å². The van der Waals surface area contributed by atoms with Crippen LogP contribution in [-0.2, 0) is 18.5 Å². The summed E-state index contributed by atoms with van der Waals surface area (Å²) in [7, 11) is 0. The third-order valence-electron chi connectivity index (χ3n) is 7.38. The van der Waals surface area contributed by atoms with E-state index in [-0.39, 0.29) is 5.91 Å². The molecular formula is C29H25ClN6O2. The maximum absolute atomic E-state index is 13.7. The lowest BCUT2D eigenvalue weighted by atomic mass is 9.81. The molecule has 0 aliphatic carbocycles. The van der Waals surface area contributed by atoms with E-state index in [0.29, 0.717) is 35.5 Å². The molecule has 0 saturated heterocycles. The smallest absolute Gasteiger partial charge is 0.253 e. The quantitative estimate of drug-likeness (QED) is 0.351. The van der Waals surface area contributed by atoms with E-state index in [4.69, 9.17) is 17.3 Å². The highest BCUT2D eigenvalue weighted by molar-refractivity contribution is 6.34. The van der Waals surface area contributed by atoms with Gasteiger partial charge in [-0.05, 0) is 55.7 Å². The molecule has 0 bridgehead atoms. The number of hydrogen-bond donors (Lipinski definition) is 2. The van der Waals surface area contributed by atoms with Crippen LogP contribution in [0.15, 0.2) is 79.4 Å². The fraction of sp³-hybridized carbons (Fsp3) is 0.172. The van der Waals surface area contributed by atoms with Crippen LogP contribution in [0.5, 0.6) is 0 Å². The molecule has 2 amide bonds. The van der Waals surface area contributed by atoms with Crippen molar-refractivity contribution in [1.82, 2.24) is 24.6 Å². The molecule has 1 atom stereocenters. The summed E-state index contributed by atoms with van der Waals surface area (Å²) in [5.74, 6) is -0.717. The summed E-state index contributed by atoms with van der Waals surface area (Å²) >= 11 is 6.59. The molecule has 2 aromatic heterocycles. The molecule has 6 rings (SSSR count). The van der Waals surface area contributed by atoms with Crippen LogP contribution in [0.4, 0.5) is 0 Å². The minimum atomic E-state index is -0.729. The van der Waals surface area contributed by atoms with Crippen molar-refractivity contribution in [2.24, 2.45) is 5.73 Å². The van der Waals surface area contributed by atoms with E-state index >= 15 is 0 Å². The zero-order valence-electron chi connectivity index (χ0n) is 20.7. The number of rotatable bonds is 5. The van der Waals surface area contributed by atoms with Crippen molar-refractivity contribution < 1.29 is 9.59 Å². The molecule has 3 aromatic carbocycles. The van der Waals surface area contributed by atoms with Crippen molar-refractivity contribution >= 4 is 34.3 Å². The molecule has 3 N–H and O–H groups in total. The van der Waals surface area contributed by atoms with Crippen LogP contribution >= 0.6 is 11.6 Å². The molecule has 1 unspecified atom stereocenters. The van der Waals surface area contributed by atoms with Gasteiger partial charge in [-0.15, -0.1) is 10.2 Å². The van der Waals surface area contributed by atoms with Gasteiger partial charge in [0.25, 0.3) is 11.8 Å². The topological polar surface area (TPSA) is 108 Å². The van der Waals surface area contributed by atoms with Crippen LogP contribution in [0.1, 0.15) is 44.0 Å². The van der Waals surface area contributed by atoms with E-state index in [1.54, 1.807) is 35.4 Å². The van der Waals surface area contributed by atoms with Crippen molar-refractivity contribution in [2.75, 3.05) is 0 Å². The first-order valence-electron chi connectivity index (χ1n) is 12.3. The molecule has 0 fully saturated rings. The van der Waals surface area contributed by atoms with Crippen molar-refractivity contribution in [1.29, 1.82) is 0 Å². The zero-order valence-corrected chi connectivity index (χ0v) is 21.4. The molecule has 0 spiro atoms. The molecule has 8 nitrogen and oxygen atoms in total. The normalized spacial score (nSPS) is 16.8. The minimum Gasteiger partial charge on any atom is -0.366 e. The number of aromatic nitrogens is 4. The first-order valence-corrected chi connectivity index (χ1v) is 12.7. The zero-order chi connectivity index (χ0) is 26.4. The molecule has 38 heavy (non-hydrogen) atoms. The first-order chi connectivity index (χ1) is 18.4. The van der Waals surface area contributed by atoms with Gasteiger partial charge >= 0.3 is 0 Å². The predicted molar refractivity (Wildman–Crippen MR) is 145 cm³/mol. The summed E-state index contributed by atoms with van der Waals surface area (Å²) in [6, 6.07) is 21.2. The van der Waals surface area contributed by atoms with Gasteiger partial charge in [-0.25, -0.2) is 0 Å². The van der Waals surface area contributed by atoms with Crippen LogP contribution in [0.3, 0.4) is 0 Å². The molecular weight excluding hydrogens is 500 g/mol. The van der Waals surface area contributed by atoms with Crippen molar-refractivity contribution in [3.63, 3.8) is 0 Å². The molecule has 190 valence electrons. The van der Waals surface area contributed by atoms with E-state index in [1.807, 2.05) is 55.5 Å². The summed E-state index contributed by atoms with van der Waals surface area (Å²) in [4.78, 5) is 26.3. The Morgan fingerprint density at radius 3 is 2.50 bits per heavy atom. The van der Waals surface area contributed by atoms with Crippen molar-refractivity contribution in [3.05, 3.63) is 112 Å². The molecule has 9 heteroatoms. The Morgan fingerprint density at radius 1 is 1.03 bits per heavy atom. The second-order valence-corrected chi connectivity index (χ2v) is 10.1. The lowest BCUT2D eigenvalue weighted by molar-refractivity contribution is 0.0865. The van der Waals surface area contributed by atoms with Gasteiger partial charge in [0.15, 0.2) is 0 Å². The van der Waals surface area contributed by atoms with Gasteiger partial charge in [-0.1, -0.05) is 53.6 Å². The Hall–Kier alpha value is -4.43. The third-order valence-corrected chi connectivity index (χ3v) is 7.70. The minimum absolute atomic E-state index is 0.278. The predicted octanol–water partition coefficient (Wildman–Crippen LogP) is 4.55. The Balaban J connectivity index is 1.43. The number of aryl methyl sites for hydroxylation is 1. The molecule has 1 aliphatic heterocycles. The summed E-state index contributed by atoms with van der Waals surface area (Å²) in [6.45, 7) is 2.44. The van der Waals surface area contributed by atoms with Crippen LogP contribution in [0, 0.1) is 6.92 Å². The van der Waals surface area contributed by atoms with Crippen LogP contribution in [-0.4, -0.2) is 31.1 Å². The fourth-order valence-electron chi connectivity index (χ4n) is 5.55. The largest absolute Gasteiger partial charge is 0.366 e. The number of carbonyl (C=O) groups is 2. The van der Waals surface area contributed by atoms with E-state index in [2.05, 4.69) is 20.1 Å². The van der Waals surface area contributed by atoms with Gasteiger partial charge in [0, 0.05) is 22.3 Å². The number of nitrogens with one attached hydrogen (secondary N) is 1. The molecule has 1 aliphatic rings. The van der Waals surface area contributed by atoms with E-state index in [0.717, 1.165) is 33.4 Å². The Bertz CT molecular complexity index is 1690. The summed E-state index contributed by atoms with van der Waals surface area (Å²) in [6.07, 6.45) is 4.30. The van der Waals surface area contributed by atoms with Gasteiger partial charge < -0.3 is 15.6 Å². The summed E-state index contributed by atoms with van der Waals surface area (Å²) in [5.41, 5.74) is 10.7. The van der Waals surface area contributed by atoms with Gasteiger partial charge in [0.1, 0.15) is 12.7 Å².